The molecule has 5 heteroatoms. The molecule has 0 N–H and O–H groups in total. The van der Waals surface area contributed by atoms with E-state index in [-0.39, 0.29) is 5.69 Å². The van der Waals surface area contributed by atoms with Crippen LogP contribution < -0.4 is 4.74 Å². The summed E-state index contributed by atoms with van der Waals surface area (Å²) in [7, 11) is 1.57. The van der Waals surface area contributed by atoms with Gasteiger partial charge in [0, 0.05) is 27.8 Å². The first kappa shape index (κ1) is 16.0. The molecular weight excluding hydrogens is 326 g/mol. The van der Waals surface area contributed by atoms with Gasteiger partial charge in [-0.25, -0.2) is 0 Å². The Labute approximate surface area is 144 Å². The number of rotatable bonds is 4. The monoisotopic (exact) mass is 339 g/mol. The number of nitrogens with zero attached hydrogens (tertiary/aromatic N) is 1. The summed E-state index contributed by atoms with van der Waals surface area (Å²) in [4.78, 5) is 11.2. The molecule has 0 amide bonds. The van der Waals surface area contributed by atoms with Gasteiger partial charge in [-0.15, -0.1) is 0 Å². The third-order valence-corrected chi connectivity index (χ3v) is 4.11. The highest BCUT2D eigenvalue weighted by molar-refractivity contribution is 6.33. The van der Waals surface area contributed by atoms with Crippen LogP contribution >= 0.6 is 11.6 Å². The molecule has 0 bridgehead atoms. The van der Waals surface area contributed by atoms with Crippen molar-refractivity contribution in [3.05, 3.63) is 81.9 Å². The average Bonchev–Trinajstić information content (AvgIpc) is 2.61. The van der Waals surface area contributed by atoms with Crippen LogP contribution in [-0.2, 0) is 0 Å². The van der Waals surface area contributed by atoms with Gasteiger partial charge in [-0.05, 0) is 12.1 Å². The lowest BCUT2D eigenvalue weighted by atomic mass is 9.92. The van der Waals surface area contributed by atoms with Crippen LogP contribution in [-0.4, -0.2) is 12.0 Å². The number of nitro benzene ring substituents is 1. The van der Waals surface area contributed by atoms with Gasteiger partial charge in [-0.2, -0.15) is 0 Å². The SMILES string of the molecule is COc1ccccc1-c1cccc([N+](=O)[O-])c1-c1ccccc1Cl. The molecule has 0 saturated heterocycles. The second-order valence-electron chi connectivity index (χ2n) is 5.14. The van der Waals surface area contributed by atoms with Gasteiger partial charge in [-0.3, -0.25) is 10.1 Å². The summed E-state index contributed by atoms with van der Waals surface area (Å²) in [5.41, 5.74) is 2.59. The van der Waals surface area contributed by atoms with E-state index in [1.54, 1.807) is 31.4 Å². The maximum atomic E-state index is 11.6. The first-order valence-corrected chi connectivity index (χ1v) is 7.67. The number of hydrogen-bond acceptors (Lipinski definition) is 3. The molecule has 120 valence electrons. The summed E-state index contributed by atoms with van der Waals surface area (Å²) in [6.07, 6.45) is 0. The van der Waals surface area contributed by atoms with Crippen LogP contribution in [0.15, 0.2) is 66.7 Å². The van der Waals surface area contributed by atoms with Gasteiger partial charge in [0.25, 0.3) is 5.69 Å². The topological polar surface area (TPSA) is 52.4 Å². The second-order valence-corrected chi connectivity index (χ2v) is 5.54. The number of nitro groups is 1. The number of hydrogen-bond donors (Lipinski definition) is 0. The first-order chi connectivity index (χ1) is 11.6. The van der Waals surface area contributed by atoms with Crippen LogP contribution in [0.5, 0.6) is 5.75 Å². The zero-order chi connectivity index (χ0) is 17.1. The van der Waals surface area contributed by atoms with E-state index >= 15 is 0 Å². The lowest BCUT2D eigenvalue weighted by molar-refractivity contribution is -0.384. The predicted octanol–water partition coefficient (Wildman–Crippen LogP) is 5.59. The molecule has 0 spiro atoms. The van der Waals surface area contributed by atoms with E-state index in [2.05, 4.69) is 0 Å². The van der Waals surface area contributed by atoms with Gasteiger partial charge in [0.15, 0.2) is 0 Å². The zero-order valence-electron chi connectivity index (χ0n) is 12.9. The Morgan fingerprint density at radius 2 is 1.50 bits per heavy atom. The van der Waals surface area contributed by atoms with Crippen molar-refractivity contribution in [2.75, 3.05) is 7.11 Å². The van der Waals surface area contributed by atoms with Crippen LogP contribution in [0.2, 0.25) is 5.02 Å². The van der Waals surface area contributed by atoms with Crippen molar-refractivity contribution in [2.24, 2.45) is 0 Å². The molecule has 0 fully saturated rings. The van der Waals surface area contributed by atoms with Crippen molar-refractivity contribution in [1.82, 2.24) is 0 Å². The Hall–Kier alpha value is -2.85. The summed E-state index contributed by atoms with van der Waals surface area (Å²) >= 11 is 6.31. The van der Waals surface area contributed by atoms with Crippen LogP contribution in [0.25, 0.3) is 22.3 Å². The predicted molar refractivity (Wildman–Crippen MR) is 95.5 cm³/mol. The van der Waals surface area contributed by atoms with Crippen molar-refractivity contribution in [2.45, 2.75) is 0 Å². The van der Waals surface area contributed by atoms with E-state index in [1.807, 2.05) is 36.4 Å². The highest BCUT2D eigenvalue weighted by Gasteiger charge is 2.23. The molecule has 3 aromatic carbocycles. The van der Waals surface area contributed by atoms with Gasteiger partial charge < -0.3 is 4.74 Å². The Morgan fingerprint density at radius 1 is 0.875 bits per heavy atom. The van der Waals surface area contributed by atoms with Crippen LogP contribution in [0.1, 0.15) is 0 Å². The summed E-state index contributed by atoms with van der Waals surface area (Å²) in [6, 6.07) is 19.5. The molecule has 0 aliphatic rings. The molecule has 3 rings (SSSR count). The summed E-state index contributed by atoms with van der Waals surface area (Å²) in [5, 5.41) is 12.0. The number of para-hydroxylation sites is 1. The fourth-order valence-electron chi connectivity index (χ4n) is 2.73. The lowest BCUT2D eigenvalue weighted by Gasteiger charge is -2.14. The number of halogens is 1. The number of methoxy groups -OCH3 is 1. The van der Waals surface area contributed by atoms with Gasteiger partial charge in [0.05, 0.1) is 17.6 Å². The van der Waals surface area contributed by atoms with Crippen LogP contribution in [0.3, 0.4) is 0 Å². The van der Waals surface area contributed by atoms with Crippen molar-refractivity contribution < 1.29 is 9.66 Å². The maximum Gasteiger partial charge on any atom is 0.277 e. The van der Waals surface area contributed by atoms with E-state index in [1.165, 1.54) is 6.07 Å². The Kier molecular flexibility index (Phi) is 4.49. The number of ether oxygens (including phenoxy) is 1. The van der Waals surface area contributed by atoms with Gasteiger partial charge in [0.2, 0.25) is 0 Å². The lowest BCUT2D eigenvalue weighted by Crippen LogP contribution is -1.96. The molecule has 3 aromatic rings. The Morgan fingerprint density at radius 3 is 2.17 bits per heavy atom. The highest BCUT2D eigenvalue weighted by Crippen LogP contribution is 2.44. The van der Waals surface area contributed by atoms with Crippen LogP contribution in [0, 0.1) is 10.1 Å². The minimum Gasteiger partial charge on any atom is -0.496 e. The Bertz CT molecular complexity index is 909. The van der Waals surface area contributed by atoms with E-state index in [0.29, 0.717) is 27.5 Å². The minimum atomic E-state index is -0.391. The minimum absolute atomic E-state index is 0.00602. The average molecular weight is 340 g/mol. The smallest absolute Gasteiger partial charge is 0.277 e. The van der Waals surface area contributed by atoms with E-state index in [9.17, 15) is 10.1 Å². The molecule has 0 unspecified atom stereocenters. The normalized spacial score (nSPS) is 10.4. The molecule has 0 aliphatic carbocycles. The third-order valence-electron chi connectivity index (χ3n) is 3.78. The third kappa shape index (κ3) is 2.84. The van der Waals surface area contributed by atoms with E-state index < -0.39 is 4.92 Å². The number of benzene rings is 3. The van der Waals surface area contributed by atoms with Crippen LogP contribution in [0.4, 0.5) is 5.69 Å². The van der Waals surface area contributed by atoms with Gasteiger partial charge >= 0.3 is 0 Å². The van der Waals surface area contributed by atoms with Crippen molar-refractivity contribution in [3.8, 4) is 28.0 Å². The molecule has 24 heavy (non-hydrogen) atoms. The second kappa shape index (κ2) is 6.72. The fraction of sp³-hybridized carbons (Fsp3) is 0.0526. The summed E-state index contributed by atoms with van der Waals surface area (Å²) < 4.78 is 5.42. The van der Waals surface area contributed by atoms with E-state index in [4.69, 9.17) is 16.3 Å². The Balaban J connectivity index is 2.38. The molecule has 0 aromatic heterocycles. The molecule has 0 atom stereocenters. The van der Waals surface area contributed by atoms with E-state index in [0.717, 1.165) is 5.56 Å². The zero-order valence-corrected chi connectivity index (χ0v) is 13.7. The standard InChI is InChI=1S/C19H14ClNO3/c1-24-18-12-5-3-7-13(18)14-9-6-11-17(21(22)23)19(14)15-8-2-4-10-16(15)20/h2-12H,1H3. The highest BCUT2D eigenvalue weighted by atomic mass is 35.5. The molecule has 0 radical (unpaired) electrons. The van der Waals surface area contributed by atoms with Crippen molar-refractivity contribution >= 4 is 17.3 Å². The molecule has 0 saturated carbocycles. The van der Waals surface area contributed by atoms with Crippen molar-refractivity contribution in [3.63, 3.8) is 0 Å². The first-order valence-electron chi connectivity index (χ1n) is 7.29. The molecule has 4 nitrogen and oxygen atoms in total. The largest absolute Gasteiger partial charge is 0.496 e. The fourth-order valence-corrected chi connectivity index (χ4v) is 2.96. The molecule has 0 aliphatic heterocycles. The summed E-state index contributed by atoms with van der Waals surface area (Å²) in [5.74, 6) is 0.645. The van der Waals surface area contributed by atoms with Crippen molar-refractivity contribution in [1.29, 1.82) is 0 Å². The molecular formula is C19H14ClNO3. The quantitative estimate of drug-likeness (QED) is 0.460. The molecule has 0 heterocycles. The summed E-state index contributed by atoms with van der Waals surface area (Å²) in [6.45, 7) is 0. The maximum absolute atomic E-state index is 11.6. The van der Waals surface area contributed by atoms with Gasteiger partial charge in [-0.1, -0.05) is 60.1 Å². The van der Waals surface area contributed by atoms with Gasteiger partial charge in [0.1, 0.15) is 5.75 Å².